The van der Waals surface area contributed by atoms with Gasteiger partial charge < -0.3 is 0 Å². The van der Waals surface area contributed by atoms with E-state index in [1.807, 2.05) is 13.8 Å². The van der Waals surface area contributed by atoms with Crippen LogP contribution in [0.1, 0.15) is 93.4 Å². The van der Waals surface area contributed by atoms with Crippen molar-refractivity contribution in [1.82, 2.24) is 0 Å². The highest BCUT2D eigenvalue weighted by Gasteiger charge is 2.08. The minimum absolute atomic E-state index is 0.910. The van der Waals surface area contributed by atoms with E-state index in [1.165, 1.54) is 49.7 Å². The normalized spacial score (nSPS) is 16.5. The van der Waals surface area contributed by atoms with Crippen molar-refractivity contribution in [1.29, 1.82) is 0 Å². The van der Waals surface area contributed by atoms with Gasteiger partial charge in [-0.05, 0) is 57.1 Å². The van der Waals surface area contributed by atoms with Crippen LogP contribution in [0.15, 0.2) is 34.4 Å². The number of hydrogen-bond acceptors (Lipinski definition) is 0. The fraction of sp³-hybridized carbons (Fsp3) is 0.714. The summed E-state index contributed by atoms with van der Waals surface area (Å²) in [6, 6.07) is 0. The standard InChI is InChI=1S/C19H32.C2H6/c1-6-9-15(2)10-7-8-11-19-14-16(3)12-13-17(4)18(19)5;1-2/h12,14-15H,6-11,13H2,1-5H3;1-2H3. The van der Waals surface area contributed by atoms with Crippen LogP contribution >= 0.6 is 0 Å². The summed E-state index contributed by atoms with van der Waals surface area (Å²) in [4.78, 5) is 0. The third-order valence-electron chi connectivity index (χ3n) is 4.43. The van der Waals surface area contributed by atoms with E-state index in [4.69, 9.17) is 0 Å². The summed E-state index contributed by atoms with van der Waals surface area (Å²) >= 11 is 0. The number of rotatable bonds is 7. The summed E-state index contributed by atoms with van der Waals surface area (Å²) in [6.07, 6.45) is 14.0. The molecule has 21 heavy (non-hydrogen) atoms. The van der Waals surface area contributed by atoms with Gasteiger partial charge in [-0.3, -0.25) is 0 Å². The molecule has 1 unspecified atom stereocenters. The first kappa shape index (κ1) is 20.2. The van der Waals surface area contributed by atoms with E-state index in [0.717, 1.165) is 12.3 Å². The molecule has 1 atom stereocenters. The van der Waals surface area contributed by atoms with E-state index in [-0.39, 0.29) is 0 Å². The Morgan fingerprint density at radius 3 is 2.33 bits per heavy atom. The molecule has 1 aliphatic rings. The average molecular weight is 291 g/mol. The van der Waals surface area contributed by atoms with Gasteiger partial charge in [0.15, 0.2) is 0 Å². The van der Waals surface area contributed by atoms with Crippen molar-refractivity contribution < 1.29 is 0 Å². The van der Waals surface area contributed by atoms with Crippen molar-refractivity contribution in [3.8, 4) is 0 Å². The summed E-state index contributed by atoms with van der Waals surface area (Å²) in [7, 11) is 0. The van der Waals surface area contributed by atoms with Crippen molar-refractivity contribution in [2.45, 2.75) is 93.4 Å². The molecule has 0 nitrogen and oxygen atoms in total. The van der Waals surface area contributed by atoms with Gasteiger partial charge in [-0.2, -0.15) is 0 Å². The van der Waals surface area contributed by atoms with Gasteiger partial charge in [0.1, 0.15) is 0 Å². The average Bonchev–Trinajstić information content (AvgIpc) is 2.60. The van der Waals surface area contributed by atoms with Crippen LogP contribution in [-0.4, -0.2) is 0 Å². The molecule has 0 amide bonds. The molecular formula is C21H38. The molecule has 0 bridgehead atoms. The van der Waals surface area contributed by atoms with Crippen LogP contribution in [0.2, 0.25) is 0 Å². The molecule has 0 N–H and O–H groups in total. The zero-order chi connectivity index (χ0) is 16.3. The molecule has 0 spiro atoms. The zero-order valence-corrected chi connectivity index (χ0v) is 15.7. The van der Waals surface area contributed by atoms with E-state index in [0.29, 0.717) is 0 Å². The largest absolute Gasteiger partial charge is 0.0775 e. The fourth-order valence-electron chi connectivity index (χ4n) is 2.89. The molecule has 0 radical (unpaired) electrons. The van der Waals surface area contributed by atoms with E-state index >= 15 is 0 Å². The molecule has 0 saturated heterocycles. The maximum absolute atomic E-state index is 2.40. The minimum atomic E-state index is 0.910. The lowest BCUT2D eigenvalue weighted by Gasteiger charge is -2.12. The third kappa shape index (κ3) is 8.29. The van der Waals surface area contributed by atoms with Gasteiger partial charge in [0.2, 0.25) is 0 Å². The Kier molecular flexibility index (Phi) is 11.4. The van der Waals surface area contributed by atoms with Crippen LogP contribution in [-0.2, 0) is 0 Å². The number of hydrogen-bond donors (Lipinski definition) is 0. The summed E-state index contributed by atoms with van der Waals surface area (Å²) in [5.74, 6) is 0.910. The van der Waals surface area contributed by atoms with Crippen LogP contribution in [0.4, 0.5) is 0 Å². The monoisotopic (exact) mass is 290 g/mol. The zero-order valence-electron chi connectivity index (χ0n) is 15.7. The summed E-state index contributed by atoms with van der Waals surface area (Å²) < 4.78 is 0. The Morgan fingerprint density at radius 2 is 1.71 bits per heavy atom. The Labute approximate surface area is 134 Å². The fourth-order valence-corrected chi connectivity index (χ4v) is 2.89. The van der Waals surface area contributed by atoms with Gasteiger partial charge in [0, 0.05) is 0 Å². The summed E-state index contributed by atoms with van der Waals surface area (Å²) in [6.45, 7) is 15.5. The highest BCUT2D eigenvalue weighted by atomic mass is 14.1. The number of unbranched alkanes of at least 4 members (excludes halogenated alkanes) is 1. The van der Waals surface area contributed by atoms with Gasteiger partial charge in [0.05, 0.1) is 0 Å². The van der Waals surface area contributed by atoms with Crippen LogP contribution in [0.5, 0.6) is 0 Å². The van der Waals surface area contributed by atoms with E-state index < -0.39 is 0 Å². The Bertz CT molecular complexity index is 365. The molecule has 0 aromatic heterocycles. The lowest BCUT2D eigenvalue weighted by Crippen LogP contribution is -1.95. The van der Waals surface area contributed by atoms with Gasteiger partial charge in [-0.15, -0.1) is 0 Å². The quantitative estimate of drug-likeness (QED) is 0.423. The lowest BCUT2D eigenvalue weighted by atomic mass is 9.94. The van der Waals surface area contributed by atoms with Crippen molar-refractivity contribution in [2.75, 3.05) is 0 Å². The molecule has 1 rings (SSSR count). The van der Waals surface area contributed by atoms with E-state index in [1.54, 1.807) is 11.1 Å². The molecule has 0 aromatic rings. The summed E-state index contributed by atoms with van der Waals surface area (Å²) in [5, 5.41) is 0. The lowest BCUT2D eigenvalue weighted by molar-refractivity contribution is 0.461. The van der Waals surface area contributed by atoms with E-state index in [2.05, 4.69) is 46.8 Å². The molecule has 122 valence electrons. The maximum atomic E-state index is 2.40. The Balaban J connectivity index is 0.00000191. The van der Waals surface area contributed by atoms with Crippen molar-refractivity contribution in [3.05, 3.63) is 34.4 Å². The molecule has 0 saturated carbocycles. The highest BCUT2D eigenvalue weighted by Crippen LogP contribution is 2.27. The first-order valence-electron chi connectivity index (χ1n) is 9.08. The van der Waals surface area contributed by atoms with Gasteiger partial charge >= 0.3 is 0 Å². The Hall–Kier alpha value is -0.780. The first-order chi connectivity index (χ1) is 10.0. The minimum Gasteiger partial charge on any atom is -0.0775 e. The first-order valence-corrected chi connectivity index (χ1v) is 9.08. The molecule has 0 aromatic carbocycles. The molecule has 0 heteroatoms. The van der Waals surface area contributed by atoms with Crippen molar-refractivity contribution >= 4 is 0 Å². The highest BCUT2D eigenvalue weighted by molar-refractivity contribution is 5.41. The second kappa shape index (κ2) is 11.8. The Morgan fingerprint density at radius 1 is 1.05 bits per heavy atom. The molecule has 1 aliphatic carbocycles. The molecule has 0 heterocycles. The summed E-state index contributed by atoms with van der Waals surface area (Å²) in [5.41, 5.74) is 6.09. The topological polar surface area (TPSA) is 0 Å². The van der Waals surface area contributed by atoms with Crippen LogP contribution in [0, 0.1) is 5.92 Å². The van der Waals surface area contributed by atoms with Crippen molar-refractivity contribution in [2.24, 2.45) is 5.92 Å². The molecule has 0 fully saturated rings. The smallest absolute Gasteiger partial charge is 0.0130 e. The van der Waals surface area contributed by atoms with Gasteiger partial charge in [-0.1, -0.05) is 76.7 Å². The van der Waals surface area contributed by atoms with Gasteiger partial charge in [0.25, 0.3) is 0 Å². The van der Waals surface area contributed by atoms with Crippen molar-refractivity contribution in [3.63, 3.8) is 0 Å². The van der Waals surface area contributed by atoms with Gasteiger partial charge in [-0.25, -0.2) is 0 Å². The van der Waals surface area contributed by atoms with Crippen LogP contribution in [0.25, 0.3) is 0 Å². The van der Waals surface area contributed by atoms with E-state index in [9.17, 15) is 0 Å². The predicted molar refractivity (Wildman–Crippen MR) is 98.7 cm³/mol. The third-order valence-corrected chi connectivity index (χ3v) is 4.43. The number of allylic oxidation sites excluding steroid dienone is 6. The maximum Gasteiger partial charge on any atom is -0.0130 e. The molecule has 0 aliphatic heterocycles. The second-order valence-corrected chi connectivity index (χ2v) is 6.37. The predicted octanol–water partition coefficient (Wildman–Crippen LogP) is 7.62. The van der Waals surface area contributed by atoms with Crippen LogP contribution in [0.3, 0.4) is 0 Å². The van der Waals surface area contributed by atoms with Crippen LogP contribution < -0.4 is 0 Å². The SMILES string of the molecule is CC.CCCC(C)CCCCC1=CC(C)=CCC(C)=C1C. The second-order valence-electron chi connectivity index (χ2n) is 6.37. The molecular weight excluding hydrogens is 252 g/mol.